The van der Waals surface area contributed by atoms with E-state index in [1.54, 1.807) is 0 Å². The van der Waals surface area contributed by atoms with Crippen molar-refractivity contribution in [2.45, 2.75) is 46.0 Å². The second-order valence-electron chi connectivity index (χ2n) is 6.85. The molecule has 0 bridgehead atoms. The zero-order valence-corrected chi connectivity index (χ0v) is 15.2. The third-order valence-electron chi connectivity index (χ3n) is 4.94. The first-order valence-electron chi connectivity index (χ1n) is 9.15. The summed E-state index contributed by atoms with van der Waals surface area (Å²) in [5.74, 6) is 0.817. The Morgan fingerprint density at radius 3 is 2.52 bits per heavy atom. The minimum absolute atomic E-state index is 0.0183. The van der Waals surface area contributed by atoms with E-state index >= 15 is 0 Å². The van der Waals surface area contributed by atoms with Crippen LogP contribution in [0.25, 0.3) is 0 Å². The molecule has 1 aromatic carbocycles. The van der Waals surface area contributed by atoms with Gasteiger partial charge in [-0.1, -0.05) is 17.3 Å². The van der Waals surface area contributed by atoms with Gasteiger partial charge in [0.05, 0.1) is 5.69 Å². The van der Waals surface area contributed by atoms with Crippen molar-refractivity contribution < 1.29 is 9.32 Å². The Morgan fingerprint density at radius 2 is 1.88 bits per heavy atom. The van der Waals surface area contributed by atoms with Crippen LogP contribution in [0.1, 0.15) is 41.8 Å². The largest absolute Gasteiger partial charge is 0.361 e. The molecule has 1 N–H and O–H groups in total. The van der Waals surface area contributed by atoms with Gasteiger partial charge >= 0.3 is 0 Å². The first kappa shape index (κ1) is 17.7. The average molecular weight is 341 g/mol. The minimum atomic E-state index is 0.0183. The van der Waals surface area contributed by atoms with E-state index in [1.807, 2.05) is 26.0 Å². The lowest BCUT2D eigenvalue weighted by molar-refractivity contribution is -0.116. The molecule has 0 aliphatic carbocycles. The van der Waals surface area contributed by atoms with Gasteiger partial charge in [0, 0.05) is 24.2 Å². The maximum atomic E-state index is 12.1. The monoisotopic (exact) mass is 341 g/mol. The molecule has 5 nitrogen and oxygen atoms in total. The predicted octanol–water partition coefficient (Wildman–Crippen LogP) is 3.50. The summed E-state index contributed by atoms with van der Waals surface area (Å²) in [6.45, 7) is 7.39. The Bertz CT molecular complexity index is 681. The molecule has 1 amide bonds. The molecule has 25 heavy (non-hydrogen) atoms. The van der Waals surface area contributed by atoms with Crippen LogP contribution in [0.4, 0.5) is 5.69 Å². The summed E-state index contributed by atoms with van der Waals surface area (Å²) in [5.41, 5.74) is 4.08. The Hall–Kier alpha value is -2.14. The fourth-order valence-electron chi connectivity index (χ4n) is 3.37. The highest BCUT2D eigenvalue weighted by Crippen LogP contribution is 2.16. The summed E-state index contributed by atoms with van der Waals surface area (Å²) >= 11 is 0. The highest BCUT2D eigenvalue weighted by Gasteiger charge is 2.12. The van der Waals surface area contributed by atoms with Gasteiger partial charge in [-0.2, -0.15) is 0 Å². The summed E-state index contributed by atoms with van der Waals surface area (Å²) in [5, 5.41) is 6.89. The molecule has 3 rings (SSSR count). The van der Waals surface area contributed by atoms with Crippen LogP contribution in [0.15, 0.2) is 28.8 Å². The van der Waals surface area contributed by atoms with E-state index in [0.717, 1.165) is 35.7 Å². The number of benzene rings is 1. The van der Waals surface area contributed by atoms with Gasteiger partial charge in [-0.3, -0.25) is 4.79 Å². The lowest BCUT2D eigenvalue weighted by Crippen LogP contribution is -2.21. The highest BCUT2D eigenvalue weighted by molar-refractivity contribution is 5.90. The molecular weight excluding hydrogens is 314 g/mol. The molecular formula is C20H27N3O2. The van der Waals surface area contributed by atoms with Crippen LogP contribution in [0, 0.1) is 13.8 Å². The molecule has 2 heterocycles. The molecule has 0 radical (unpaired) electrons. The lowest BCUT2D eigenvalue weighted by Gasteiger charge is -2.14. The van der Waals surface area contributed by atoms with Gasteiger partial charge in [0.1, 0.15) is 5.76 Å². The van der Waals surface area contributed by atoms with E-state index in [-0.39, 0.29) is 5.91 Å². The molecule has 134 valence electrons. The molecule has 1 aromatic heterocycles. The van der Waals surface area contributed by atoms with E-state index < -0.39 is 0 Å². The van der Waals surface area contributed by atoms with Crippen molar-refractivity contribution in [3.8, 4) is 0 Å². The molecule has 1 aliphatic rings. The smallest absolute Gasteiger partial charge is 0.224 e. The number of likely N-dealkylation sites (tertiary alicyclic amines) is 1. The van der Waals surface area contributed by atoms with E-state index in [2.05, 4.69) is 27.5 Å². The number of nitrogens with one attached hydrogen (secondary N) is 1. The van der Waals surface area contributed by atoms with Crippen LogP contribution in [-0.4, -0.2) is 35.6 Å². The number of anilines is 1. The van der Waals surface area contributed by atoms with Crippen molar-refractivity contribution in [2.24, 2.45) is 0 Å². The average Bonchev–Trinajstić information content (AvgIpc) is 3.23. The molecule has 0 unspecified atom stereocenters. The van der Waals surface area contributed by atoms with Crippen molar-refractivity contribution >= 4 is 11.6 Å². The second-order valence-corrected chi connectivity index (χ2v) is 6.85. The fraction of sp³-hybridized carbons (Fsp3) is 0.500. The molecule has 0 spiro atoms. The van der Waals surface area contributed by atoms with Crippen molar-refractivity contribution in [1.82, 2.24) is 10.1 Å². The number of carbonyl (C=O) groups excluding carboxylic acids is 1. The van der Waals surface area contributed by atoms with Crippen molar-refractivity contribution in [2.75, 3.05) is 25.0 Å². The summed E-state index contributed by atoms with van der Waals surface area (Å²) < 4.78 is 5.13. The Balaban J connectivity index is 1.45. The van der Waals surface area contributed by atoms with Crippen LogP contribution in [0.2, 0.25) is 0 Å². The molecule has 2 aromatic rings. The number of aryl methyl sites for hydroxylation is 2. The van der Waals surface area contributed by atoms with Crippen LogP contribution in [-0.2, 0) is 17.6 Å². The predicted molar refractivity (Wildman–Crippen MR) is 98.7 cm³/mol. The first-order chi connectivity index (χ1) is 12.1. The van der Waals surface area contributed by atoms with Gasteiger partial charge in [0.25, 0.3) is 0 Å². The van der Waals surface area contributed by atoms with Crippen LogP contribution < -0.4 is 5.32 Å². The number of rotatable bonds is 7. The molecule has 0 atom stereocenters. The van der Waals surface area contributed by atoms with Crippen molar-refractivity contribution in [3.63, 3.8) is 0 Å². The second kappa shape index (κ2) is 8.30. The quantitative estimate of drug-likeness (QED) is 0.837. The van der Waals surface area contributed by atoms with Crippen LogP contribution in [0.3, 0.4) is 0 Å². The lowest BCUT2D eigenvalue weighted by atomic mass is 10.1. The number of hydrogen-bond acceptors (Lipinski definition) is 4. The highest BCUT2D eigenvalue weighted by atomic mass is 16.5. The number of carbonyl (C=O) groups is 1. The molecule has 1 fully saturated rings. The zero-order valence-electron chi connectivity index (χ0n) is 15.2. The zero-order chi connectivity index (χ0) is 17.6. The SMILES string of the molecule is Cc1noc(C)c1CCC(=O)Nc1ccc(CCN2CCCC2)cc1. The van der Waals surface area contributed by atoms with Crippen LogP contribution in [0.5, 0.6) is 0 Å². The van der Waals surface area contributed by atoms with Gasteiger partial charge in [-0.15, -0.1) is 0 Å². The number of aromatic nitrogens is 1. The van der Waals surface area contributed by atoms with E-state index in [9.17, 15) is 4.79 Å². The van der Waals surface area contributed by atoms with E-state index in [4.69, 9.17) is 4.52 Å². The molecule has 1 aliphatic heterocycles. The first-order valence-corrected chi connectivity index (χ1v) is 9.15. The Labute approximate surface area is 149 Å². The van der Waals surface area contributed by atoms with Crippen LogP contribution >= 0.6 is 0 Å². The number of amides is 1. The molecule has 1 saturated heterocycles. The summed E-state index contributed by atoms with van der Waals surface area (Å²) in [4.78, 5) is 14.7. The van der Waals surface area contributed by atoms with Gasteiger partial charge < -0.3 is 14.7 Å². The maximum Gasteiger partial charge on any atom is 0.224 e. The molecule has 5 heteroatoms. The normalized spacial score (nSPS) is 14.8. The standard InChI is InChI=1S/C20H27N3O2/c1-15-19(16(2)25-22-15)9-10-20(24)21-18-7-5-17(6-8-18)11-14-23-12-3-4-13-23/h5-8H,3-4,9-14H2,1-2H3,(H,21,24). The van der Waals surface area contributed by atoms with Crippen molar-refractivity contribution in [3.05, 3.63) is 46.8 Å². The Kier molecular flexibility index (Phi) is 5.87. The van der Waals surface area contributed by atoms with Gasteiger partial charge in [0.15, 0.2) is 0 Å². The third-order valence-corrected chi connectivity index (χ3v) is 4.94. The summed E-state index contributed by atoms with van der Waals surface area (Å²) in [7, 11) is 0. The number of nitrogens with zero attached hydrogens (tertiary/aromatic N) is 2. The third kappa shape index (κ3) is 4.92. The topological polar surface area (TPSA) is 58.4 Å². The number of hydrogen-bond donors (Lipinski definition) is 1. The molecule has 0 saturated carbocycles. The summed E-state index contributed by atoms with van der Waals surface area (Å²) in [6, 6.07) is 8.21. The Morgan fingerprint density at radius 1 is 1.16 bits per heavy atom. The van der Waals surface area contributed by atoms with Gasteiger partial charge in [-0.25, -0.2) is 0 Å². The van der Waals surface area contributed by atoms with Crippen molar-refractivity contribution in [1.29, 1.82) is 0 Å². The fourth-order valence-corrected chi connectivity index (χ4v) is 3.37. The van der Waals surface area contributed by atoms with E-state index in [0.29, 0.717) is 12.8 Å². The van der Waals surface area contributed by atoms with Gasteiger partial charge in [-0.05, 0) is 70.3 Å². The summed E-state index contributed by atoms with van der Waals surface area (Å²) in [6.07, 6.45) is 4.82. The maximum absolute atomic E-state index is 12.1. The van der Waals surface area contributed by atoms with E-state index in [1.165, 1.54) is 31.5 Å². The minimum Gasteiger partial charge on any atom is -0.361 e. The van der Waals surface area contributed by atoms with Gasteiger partial charge in [0.2, 0.25) is 5.91 Å².